The Balaban J connectivity index is 1.42. The van der Waals surface area contributed by atoms with Crippen LogP contribution in [0.15, 0.2) is 0 Å². The molecular weight excluding hydrogens is 356 g/mol. The van der Waals surface area contributed by atoms with Gasteiger partial charge in [-0.1, -0.05) is 12.8 Å². The summed E-state index contributed by atoms with van der Waals surface area (Å²) in [4.78, 5) is 25.3. The molecule has 5 atom stereocenters. The number of carbonyl (C=O) groups is 2. The lowest BCUT2D eigenvalue weighted by atomic mass is 9.68. The van der Waals surface area contributed by atoms with Crippen molar-refractivity contribution in [3.05, 3.63) is 0 Å². The first-order chi connectivity index (χ1) is 13.1. The highest BCUT2D eigenvalue weighted by atomic mass is 16.8. The number of Topliss-reactive ketones (excluding diaryl/α,β-unsaturated/α-hetero) is 2. The van der Waals surface area contributed by atoms with Gasteiger partial charge in [-0.05, 0) is 65.7 Å². The molecule has 5 heteroatoms. The second-order valence-corrected chi connectivity index (χ2v) is 10.1. The normalized spacial score (nSPS) is 39.9. The summed E-state index contributed by atoms with van der Waals surface area (Å²) in [5, 5.41) is 9.91. The van der Waals surface area contributed by atoms with E-state index in [4.69, 9.17) is 9.47 Å². The zero-order valence-electron chi connectivity index (χ0n) is 18.1. The molecule has 0 amide bonds. The second kappa shape index (κ2) is 8.16. The number of hydrogen-bond donors (Lipinski definition) is 1. The zero-order chi connectivity index (χ0) is 20.6. The molecule has 0 aromatic heterocycles. The molecule has 0 radical (unpaired) electrons. The van der Waals surface area contributed by atoms with E-state index < -0.39 is 11.2 Å². The van der Waals surface area contributed by atoms with Crippen molar-refractivity contribution < 1.29 is 24.2 Å². The van der Waals surface area contributed by atoms with Crippen LogP contribution >= 0.6 is 0 Å². The molecule has 28 heavy (non-hydrogen) atoms. The predicted octanol–water partition coefficient (Wildman–Crippen LogP) is 4.19. The Hall–Kier alpha value is -0.780. The molecule has 0 bridgehead atoms. The van der Waals surface area contributed by atoms with Crippen molar-refractivity contribution in [2.75, 3.05) is 6.61 Å². The van der Waals surface area contributed by atoms with Gasteiger partial charge in [-0.25, -0.2) is 0 Å². The summed E-state index contributed by atoms with van der Waals surface area (Å²) in [6, 6.07) is 0. The van der Waals surface area contributed by atoms with Crippen LogP contribution in [0.1, 0.15) is 91.9 Å². The first-order valence-electron chi connectivity index (χ1n) is 11.2. The summed E-state index contributed by atoms with van der Waals surface area (Å²) in [7, 11) is 0. The van der Waals surface area contributed by atoms with E-state index in [1.807, 2.05) is 27.7 Å². The van der Waals surface area contributed by atoms with Gasteiger partial charge in [-0.3, -0.25) is 9.59 Å². The largest absolute Gasteiger partial charge is 0.395 e. The molecule has 2 saturated carbocycles. The van der Waals surface area contributed by atoms with Crippen LogP contribution in [0, 0.1) is 17.3 Å². The summed E-state index contributed by atoms with van der Waals surface area (Å²) in [6.45, 7) is 8.02. The molecule has 1 saturated heterocycles. The highest BCUT2D eigenvalue weighted by Gasteiger charge is 2.54. The lowest BCUT2D eigenvalue weighted by Crippen LogP contribution is -2.39. The standard InChI is InChI=1S/C23H38O5/c1-16-21(2,3)28-22(4,27-16)12-7-9-19(25)11-10-17-14-18-8-5-6-13-23(18,15-24)20(17)26/h16-18,24H,5-15H2,1-4H3/t16?,17?,18?,22?,23-/m0/s1. The van der Waals surface area contributed by atoms with Crippen LogP contribution < -0.4 is 0 Å². The number of carbonyl (C=O) groups excluding carboxylic acids is 2. The summed E-state index contributed by atoms with van der Waals surface area (Å²) < 4.78 is 12.0. The zero-order valence-corrected chi connectivity index (χ0v) is 18.1. The third kappa shape index (κ3) is 4.22. The highest BCUT2D eigenvalue weighted by Crippen LogP contribution is 2.52. The van der Waals surface area contributed by atoms with Crippen molar-refractivity contribution >= 4 is 11.6 Å². The summed E-state index contributed by atoms with van der Waals surface area (Å²) >= 11 is 0. The SMILES string of the molecule is CC1OC(C)(CCCC(=O)CCC2CC3CCCC[C@@]3(CO)C2=O)OC1(C)C. The Morgan fingerprint density at radius 3 is 2.57 bits per heavy atom. The minimum atomic E-state index is -0.617. The molecule has 0 aromatic carbocycles. The van der Waals surface area contributed by atoms with Gasteiger partial charge in [0.15, 0.2) is 5.79 Å². The molecule has 3 rings (SSSR count). The maximum Gasteiger partial charge on any atom is 0.166 e. The maximum absolute atomic E-state index is 12.9. The van der Waals surface area contributed by atoms with E-state index in [0.717, 1.165) is 38.5 Å². The highest BCUT2D eigenvalue weighted by molar-refractivity contribution is 5.90. The van der Waals surface area contributed by atoms with Gasteiger partial charge < -0.3 is 14.6 Å². The Kier molecular flexibility index (Phi) is 6.38. The summed E-state index contributed by atoms with van der Waals surface area (Å²) in [5.74, 6) is 0.104. The molecule has 0 aromatic rings. The van der Waals surface area contributed by atoms with Gasteiger partial charge in [0.2, 0.25) is 0 Å². The van der Waals surface area contributed by atoms with Gasteiger partial charge in [-0.2, -0.15) is 0 Å². The number of fused-ring (bicyclic) bond motifs is 1. The van der Waals surface area contributed by atoms with Crippen molar-refractivity contribution in [3.63, 3.8) is 0 Å². The topological polar surface area (TPSA) is 72.8 Å². The predicted molar refractivity (Wildman–Crippen MR) is 107 cm³/mol. The Bertz CT molecular complexity index is 600. The second-order valence-electron chi connectivity index (χ2n) is 10.1. The third-order valence-electron chi connectivity index (χ3n) is 7.66. The van der Waals surface area contributed by atoms with E-state index in [1.54, 1.807) is 0 Å². The van der Waals surface area contributed by atoms with Crippen LogP contribution in [0.5, 0.6) is 0 Å². The lowest BCUT2D eigenvalue weighted by Gasteiger charge is -2.36. The van der Waals surface area contributed by atoms with Crippen molar-refractivity contribution in [1.82, 2.24) is 0 Å². The molecule has 1 N–H and O–H groups in total. The number of hydrogen-bond acceptors (Lipinski definition) is 5. The molecule has 1 aliphatic heterocycles. The number of ether oxygens (including phenoxy) is 2. The fourth-order valence-electron chi connectivity index (χ4n) is 5.73. The molecular formula is C23H38O5. The van der Waals surface area contributed by atoms with Gasteiger partial charge in [0.25, 0.3) is 0 Å². The van der Waals surface area contributed by atoms with E-state index in [0.29, 0.717) is 31.6 Å². The Labute approximate surface area is 169 Å². The smallest absolute Gasteiger partial charge is 0.166 e. The minimum Gasteiger partial charge on any atom is -0.395 e. The number of ketones is 2. The van der Waals surface area contributed by atoms with E-state index >= 15 is 0 Å². The number of rotatable bonds is 8. The van der Waals surface area contributed by atoms with Gasteiger partial charge in [0.05, 0.1) is 23.7 Å². The van der Waals surface area contributed by atoms with Crippen molar-refractivity contribution in [3.8, 4) is 0 Å². The van der Waals surface area contributed by atoms with Gasteiger partial charge in [0, 0.05) is 25.2 Å². The van der Waals surface area contributed by atoms with E-state index in [9.17, 15) is 14.7 Å². The molecule has 3 aliphatic rings. The van der Waals surface area contributed by atoms with Crippen LogP contribution in [0.25, 0.3) is 0 Å². The van der Waals surface area contributed by atoms with E-state index in [1.165, 1.54) is 0 Å². The fourth-order valence-corrected chi connectivity index (χ4v) is 5.73. The molecule has 3 fully saturated rings. The molecule has 0 spiro atoms. The van der Waals surface area contributed by atoms with E-state index in [-0.39, 0.29) is 35.8 Å². The molecule has 1 heterocycles. The molecule has 2 aliphatic carbocycles. The monoisotopic (exact) mass is 394 g/mol. The van der Waals surface area contributed by atoms with Crippen LogP contribution in [0.4, 0.5) is 0 Å². The quantitative estimate of drug-likeness (QED) is 0.668. The first-order valence-corrected chi connectivity index (χ1v) is 11.2. The summed E-state index contributed by atoms with van der Waals surface area (Å²) in [5.41, 5.74) is -0.803. The third-order valence-corrected chi connectivity index (χ3v) is 7.66. The molecule has 5 nitrogen and oxygen atoms in total. The van der Waals surface area contributed by atoms with Crippen LogP contribution in [0.2, 0.25) is 0 Å². The summed E-state index contributed by atoms with van der Waals surface area (Å²) in [6.07, 6.45) is 8.00. The average Bonchev–Trinajstić information content (AvgIpc) is 3.03. The van der Waals surface area contributed by atoms with Crippen LogP contribution in [-0.4, -0.2) is 40.8 Å². The minimum absolute atomic E-state index is 0.0195. The maximum atomic E-state index is 12.9. The van der Waals surface area contributed by atoms with Crippen LogP contribution in [0.3, 0.4) is 0 Å². The molecule has 4 unspecified atom stereocenters. The average molecular weight is 395 g/mol. The van der Waals surface area contributed by atoms with Crippen molar-refractivity contribution in [2.24, 2.45) is 17.3 Å². The van der Waals surface area contributed by atoms with Gasteiger partial charge in [0.1, 0.15) is 11.6 Å². The van der Waals surface area contributed by atoms with Crippen molar-refractivity contribution in [1.29, 1.82) is 0 Å². The lowest BCUT2D eigenvalue weighted by molar-refractivity contribution is -0.176. The van der Waals surface area contributed by atoms with Crippen LogP contribution in [-0.2, 0) is 19.1 Å². The molecule has 160 valence electrons. The first kappa shape index (κ1) is 21.9. The van der Waals surface area contributed by atoms with E-state index in [2.05, 4.69) is 0 Å². The Morgan fingerprint density at radius 1 is 1.21 bits per heavy atom. The number of aliphatic hydroxyl groups excluding tert-OH is 1. The van der Waals surface area contributed by atoms with Gasteiger partial charge in [-0.15, -0.1) is 0 Å². The van der Waals surface area contributed by atoms with Gasteiger partial charge >= 0.3 is 0 Å². The Morgan fingerprint density at radius 2 is 1.96 bits per heavy atom. The number of aliphatic hydroxyl groups is 1. The fraction of sp³-hybridized carbons (Fsp3) is 0.913. The van der Waals surface area contributed by atoms with Crippen molar-refractivity contribution in [2.45, 2.75) is 109 Å².